The summed E-state index contributed by atoms with van der Waals surface area (Å²) in [7, 11) is 0. The van der Waals surface area contributed by atoms with Crippen LogP contribution in [0.4, 0.5) is 19.0 Å². The molecule has 4 nitrogen and oxygen atoms in total. The van der Waals surface area contributed by atoms with Crippen LogP contribution >= 0.6 is 0 Å². The zero-order valence-electron chi connectivity index (χ0n) is 18.7. The fourth-order valence-corrected chi connectivity index (χ4v) is 4.49. The lowest BCUT2D eigenvalue weighted by Crippen LogP contribution is -2.23. The Balaban J connectivity index is 1.54. The van der Waals surface area contributed by atoms with Gasteiger partial charge in [0.15, 0.2) is 11.4 Å². The van der Waals surface area contributed by atoms with Crippen molar-refractivity contribution in [3.05, 3.63) is 84.1 Å². The van der Waals surface area contributed by atoms with Crippen LogP contribution in [0.2, 0.25) is 0 Å². The maximum Gasteiger partial charge on any atom is 0.416 e. The van der Waals surface area contributed by atoms with E-state index in [2.05, 4.69) is 5.32 Å². The number of halogens is 3. The average Bonchev–Trinajstić information content (AvgIpc) is 3.22. The Bertz CT molecular complexity index is 1240. The second-order valence-corrected chi connectivity index (χ2v) is 8.70. The summed E-state index contributed by atoms with van der Waals surface area (Å²) in [5.41, 5.74) is 2.25. The van der Waals surface area contributed by atoms with E-state index in [1.54, 1.807) is 0 Å². The molecule has 1 N–H and O–H groups in total. The van der Waals surface area contributed by atoms with E-state index in [-0.39, 0.29) is 0 Å². The highest BCUT2D eigenvalue weighted by Crippen LogP contribution is 2.36. The average molecular weight is 466 g/mol. The van der Waals surface area contributed by atoms with E-state index in [1.165, 1.54) is 18.6 Å². The second-order valence-electron chi connectivity index (χ2n) is 8.70. The van der Waals surface area contributed by atoms with Gasteiger partial charge in [0.2, 0.25) is 0 Å². The first-order valence-corrected chi connectivity index (χ1v) is 11.6. The van der Waals surface area contributed by atoms with E-state index >= 15 is 0 Å². The van der Waals surface area contributed by atoms with Crippen LogP contribution in [0.15, 0.2) is 72.9 Å². The summed E-state index contributed by atoms with van der Waals surface area (Å²) < 4.78 is 47.4. The molecule has 1 fully saturated rings. The molecule has 0 atom stereocenters. The Kier molecular flexibility index (Phi) is 6.18. The zero-order chi connectivity index (χ0) is 23.5. The molecule has 0 amide bonds. The van der Waals surface area contributed by atoms with E-state index in [9.17, 15) is 13.2 Å². The minimum atomic E-state index is -4.38. The van der Waals surface area contributed by atoms with Crippen molar-refractivity contribution in [3.8, 4) is 17.0 Å². The van der Waals surface area contributed by atoms with Gasteiger partial charge in [0.05, 0.1) is 5.56 Å². The van der Waals surface area contributed by atoms with Crippen LogP contribution in [0.1, 0.15) is 43.2 Å². The van der Waals surface area contributed by atoms with Crippen molar-refractivity contribution in [2.45, 2.75) is 50.9 Å². The van der Waals surface area contributed by atoms with Crippen molar-refractivity contribution in [2.75, 3.05) is 5.32 Å². The van der Waals surface area contributed by atoms with E-state index in [4.69, 9.17) is 9.72 Å². The van der Waals surface area contributed by atoms with Gasteiger partial charge in [-0.15, -0.1) is 0 Å². The molecule has 2 aromatic carbocycles. The van der Waals surface area contributed by atoms with E-state index in [0.717, 1.165) is 49.2 Å². The van der Waals surface area contributed by atoms with Crippen LogP contribution in [0.3, 0.4) is 0 Å². The van der Waals surface area contributed by atoms with E-state index < -0.39 is 11.7 Å². The van der Waals surface area contributed by atoms with Crippen molar-refractivity contribution in [3.63, 3.8) is 0 Å². The normalized spacial score (nSPS) is 14.9. The summed E-state index contributed by atoms with van der Waals surface area (Å²) in [6, 6.07) is 19.1. The molecule has 1 aliphatic carbocycles. The first-order valence-electron chi connectivity index (χ1n) is 11.6. The molecular formula is C27H26F3N3O. The van der Waals surface area contributed by atoms with Gasteiger partial charge < -0.3 is 10.1 Å². The van der Waals surface area contributed by atoms with Crippen molar-refractivity contribution >= 4 is 11.5 Å². The third-order valence-electron chi connectivity index (χ3n) is 6.28. The van der Waals surface area contributed by atoms with Crippen molar-refractivity contribution in [2.24, 2.45) is 0 Å². The number of aromatic nitrogens is 2. The van der Waals surface area contributed by atoms with E-state index in [1.807, 2.05) is 53.1 Å². The van der Waals surface area contributed by atoms with Crippen molar-refractivity contribution in [1.82, 2.24) is 9.38 Å². The predicted molar refractivity (Wildman–Crippen MR) is 127 cm³/mol. The Labute approximate surface area is 196 Å². The summed E-state index contributed by atoms with van der Waals surface area (Å²) >= 11 is 0. The minimum Gasteiger partial charge on any atom is -0.485 e. The molecule has 0 aliphatic heterocycles. The third-order valence-corrected chi connectivity index (χ3v) is 6.28. The Morgan fingerprint density at radius 1 is 0.912 bits per heavy atom. The number of rotatable bonds is 6. The van der Waals surface area contributed by atoms with Crippen LogP contribution in [0, 0.1) is 0 Å². The van der Waals surface area contributed by atoms with Gasteiger partial charge in [-0.1, -0.05) is 61.7 Å². The molecule has 176 valence electrons. The molecule has 1 aliphatic rings. The quantitative estimate of drug-likeness (QED) is 0.324. The van der Waals surface area contributed by atoms with Gasteiger partial charge in [0.1, 0.15) is 18.1 Å². The molecule has 0 unspecified atom stereocenters. The number of hydrogen-bond donors (Lipinski definition) is 1. The number of nitrogens with one attached hydrogen (secondary N) is 1. The summed E-state index contributed by atoms with van der Waals surface area (Å²) in [6.45, 7) is 0.397. The van der Waals surface area contributed by atoms with Crippen molar-refractivity contribution < 1.29 is 17.9 Å². The van der Waals surface area contributed by atoms with Gasteiger partial charge in [-0.3, -0.25) is 4.40 Å². The molecule has 2 heterocycles. The molecule has 0 radical (unpaired) electrons. The van der Waals surface area contributed by atoms with Crippen LogP contribution in [-0.4, -0.2) is 15.4 Å². The molecule has 34 heavy (non-hydrogen) atoms. The van der Waals surface area contributed by atoms with Crippen molar-refractivity contribution in [1.29, 1.82) is 0 Å². The zero-order valence-corrected chi connectivity index (χ0v) is 18.7. The summed E-state index contributed by atoms with van der Waals surface area (Å²) in [4.78, 5) is 4.85. The highest BCUT2D eigenvalue weighted by atomic mass is 19.4. The van der Waals surface area contributed by atoms with Gasteiger partial charge >= 0.3 is 6.18 Å². The number of fused-ring (bicyclic) bond motifs is 1. The van der Waals surface area contributed by atoms with Gasteiger partial charge in [-0.05, 0) is 42.7 Å². The van der Waals surface area contributed by atoms with Gasteiger partial charge in [0.25, 0.3) is 0 Å². The summed E-state index contributed by atoms with van der Waals surface area (Å²) in [5.74, 6) is 1.41. The molecule has 0 spiro atoms. The van der Waals surface area contributed by atoms with E-state index in [0.29, 0.717) is 35.3 Å². The number of pyridine rings is 1. The van der Waals surface area contributed by atoms with Crippen LogP contribution in [0.25, 0.3) is 16.9 Å². The molecule has 1 saturated carbocycles. The Hall–Kier alpha value is -3.48. The lowest BCUT2D eigenvalue weighted by atomic mass is 9.95. The maximum atomic E-state index is 13.1. The number of hydrogen-bond acceptors (Lipinski definition) is 3. The first kappa shape index (κ1) is 22.3. The lowest BCUT2D eigenvalue weighted by molar-refractivity contribution is -0.137. The number of benzene rings is 2. The molecule has 2 aromatic heterocycles. The largest absolute Gasteiger partial charge is 0.485 e. The molecule has 4 aromatic rings. The number of anilines is 1. The Morgan fingerprint density at radius 2 is 1.65 bits per heavy atom. The SMILES string of the molecule is FC(F)(F)c1ccc(-c2nc3c(OCc4ccccc4)cccn3c2NC2CCCCC2)cc1. The van der Waals surface area contributed by atoms with Crippen LogP contribution < -0.4 is 10.1 Å². The number of alkyl halides is 3. The predicted octanol–water partition coefficient (Wildman–Crippen LogP) is 7.34. The smallest absolute Gasteiger partial charge is 0.416 e. The molecule has 5 rings (SSSR count). The molecule has 7 heteroatoms. The topological polar surface area (TPSA) is 38.6 Å². The summed E-state index contributed by atoms with van der Waals surface area (Å²) in [5, 5.41) is 3.64. The second kappa shape index (κ2) is 9.41. The third kappa shape index (κ3) is 4.74. The minimum absolute atomic E-state index is 0.302. The van der Waals surface area contributed by atoms with Gasteiger partial charge in [-0.2, -0.15) is 13.2 Å². The van der Waals surface area contributed by atoms with Crippen LogP contribution in [0.5, 0.6) is 5.75 Å². The molecule has 0 saturated heterocycles. The van der Waals surface area contributed by atoms with Gasteiger partial charge in [0, 0.05) is 17.8 Å². The lowest BCUT2D eigenvalue weighted by Gasteiger charge is -2.24. The molecular weight excluding hydrogens is 439 g/mol. The highest BCUT2D eigenvalue weighted by molar-refractivity contribution is 5.78. The number of nitrogens with zero attached hydrogens (tertiary/aromatic N) is 2. The Morgan fingerprint density at radius 3 is 2.35 bits per heavy atom. The molecule has 0 bridgehead atoms. The van der Waals surface area contributed by atoms with Crippen LogP contribution in [-0.2, 0) is 12.8 Å². The monoisotopic (exact) mass is 465 g/mol. The fourth-order valence-electron chi connectivity index (χ4n) is 4.49. The highest BCUT2D eigenvalue weighted by Gasteiger charge is 2.30. The standard InChI is InChI=1S/C27H26F3N3O/c28-27(29,30)21-15-13-20(14-16-21)24-26(31-22-10-5-2-6-11-22)33-17-7-12-23(25(33)32-24)34-18-19-8-3-1-4-9-19/h1,3-4,7-9,12-17,22,31H,2,5-6,10-11,18H2. The first-order chi connectivity index (χ1) is 16.5. The number of ether oxygens (including phenoxy) is 1. The fraction of sp³-hybridized carbons (Fsp3) is 0.296. The summed E-state index contributed by atoms with van der Waals surface area (Å²) in [6.07, 6.45) is 3.21. The van der Waals surface area contributed by atoms with Gasteiger partial charge in [-0.25, -0.2) is 4.98 Å². The maximum absolute atomic E-state index is 13.1. The number of imidazole rings is 1.